The van der Waals surface area contributed by atoms with Crippen molar-refractivity contribution in [1.29, 1.82) is 0 Å². The second kappa shape index (κ2) is 5.62. The molecule has 14 heavy (non-hydrogen) atoms. The van der Waals surface area contributed by atoms with Crippen LogP contribution < -0.4 is 5.32 Å². The fourth-order valence-corrected chi connectivity index (χ4v) is 1.45. The van der Waals surface area contributed by atoms with Gasteiger partial charge in [0.2, 0.25) is 5.91 Å². The summed E-state index contributed by atoms with van der Waals surface area (Å²) < 4.78 is 0. The summed E-state index contributed by atoms with van der Waals surface area (Å²) in [7, 11) is 0. The second-order valence-corrected chi connectivity index (χ2v) is 3.42. The lowest BCUT2D eigenvalue weighted by Gasteiger charge is -2.25. The zero-order valence-corrected chi connectivity index (χ0v) is 9.09. The fourth-order valence-electron chi connectivity index (χ4n) is 1.45. The first-order valence-corrected chi connectivity index (χ1v) is 5.02. The molecule has 4 nitrogen and oxygen atoms in total. The Morgan fingerprint density at radius 1 is 1.21 bits per heavy atom. The first kappa shape index (κ1) is 12.9. The van der Waals surface area contributed by atoms with Gasteiger partial charge in [0.15, 0.2) is 0 Å². The number of carbonyl (C=O) groups excluding carboxylic acids is 1. The molecule has 0 aliphatic rings. The molecule has 0 rings (SSSR count). The van der Waals surface area contributed by atoms with Crippen molar-refractivity contribution in [1.82, 2.24) is 5.32 Å². The highest BCUT2D eigenvalue weighted by Crippen LogP contribution is 2.30. The zero-order valence-electron chi connectivity index (χ0n) is 9.09. The third-order valence-corrected chi connectivity index (χ3v) is 2.68. The Morgan fingerprint density at radius 2 is 1.71 bits per heavy atom. The van der Waals surface area contributed by atoms with Crippen molar-refractivity contribution in [3.63, 3.8) is 0 Å². The van der Waals surface area contributed by atoms with Crippen molar-refractivity contribution < 1.29 is 14.7 Å². The van der Waals surface area contributed by atoms with E-state index in [0.29, 0.717) is 19.4 Å². The van der Waals surface area contributed by atoms with Crippen molar-refractivity contribution >= 4 is 11.9 Å². The molecular formula is C10H19NO3. The zero-order chi connectivity index (χ0) is 11.2. The third-order valence-electron chi connectivity index (χ3n) is 2.68. The van der Waals surface area contributed by atoms with Crippen LogP contribution in [0.3, 0.4) is 0 Å². The molecular weight excluding hydrogens is 182 g/mol. The van der Waals surface area contributed by atoms with Gasteiger partial charge in [0.25, 0.3) is 0 Å². The second-order valence-electron chi connectivity index (χ2n) is 3.42. The van der Waals surface area contributed by atoms with E-state index in [9.17, 15) is 9.59 Å². The Morgan fingerprint density at radius 3 is 2.00 bits per heavy atom. The van der Waals surface area contributed by atoms with E-state index in [1.165, 1.54) is 0 Å². The number of carboxylic acids is 1. The van der Waals surface area contributed by atoms with Crippen LogP contribution >= 0.6 is 0 Å². The highest BCUT2D eigenvalue weighted by atomic mass is 16.4. The summed E-state index contributed by atoms with van der Waals surface area (Å²) >= 11 is 0. The Labute approximate surface area is 84.7 Å². The lowest BCUT2D eigenvalue weighted by atomic mass is 9.79. The van der Waals surface area contributed by atoms with Crippen molar-refractivity contribution in [2.24, 2.45) is 5.41 Å². The van der Waals surface area contributed by atoms with Crippen LogP contribution in [-0.4, -0.2) is 23.5 Å². The predicted molar refractivity (Wildman–Crippen MR) is 54.0 cm³/mol. The molecule has 0 saturated heterocycles. The molecule has 0 aliphatic carbocycles. The summed E-state index contributed by atoms with van der Waals surface area (Å²) in [6.45, 7) is 5.97. The molecule has 0 aromatic rings. The van der Waals surface area contributed by atoms with Gasteiger partial charge in [-0.1, -0.05) is 13.8 Å². The molecule has 0 spiro atoms. The number of amides is 1. The SMILES string of the molecule is CCNC(=O)CC(CC)(CC)C(=O)O. The summed E-state index contributed by atoms with van der Waals surface area (Å²) in [6, 6.07) is 0. The molecule has 0 atom stereocenters. The van der Waals surface area contributed by atoms with E-state index < -0.39 is 11.4 Å². The van der Waals surface area contributed by atoms with Gasteiger partial charge in [-0.25, -0.2) is 0 Å². The van der Waals surface area contributed by atoms with Crippen LogP contribution in [0.4, 0.5) is 0 Å². The van der Waals surface area contributed by atoms with Crippen molar-refractivity contribution in [2.75, 3.05) is 6.54 Å². The van der Waals surface area contributed by atoms with Crippen LogP contribution in [0.15, 0.2) is 0 Å². The Bertz CT molecular complexity index is 209. The van der Waals surface area contributed by atoms with Crippen LogP contribution in [0.2, 0.25) is 0 Å². The van der Waals surface area contributed by atoms with Gasteiger partial charge in [0, 0.05) is 13.0 Å². The monoisotopic (exact) mass is 201 g/mol. The molecule has 0 aromatic carbocycles. The summed E-state index contributed by atoms with van der Waals surface area (Å²) in [5.41, 5.74) is -0.890. The van der Waals surface area contributed by atoms with Gasteiger partial charge < -0.3 is 10.4 Å². The minimum Gasteiger partial charge on any atom is -0.481 e. The molecule has 0 heterocycles. The average molecular weight is 201 g/mol. The molecule has 2 N–H and O–H groups in total. The highest BCUT2D eigenvalue weighted by molar-refractivity contribution is 5.84. The number of rotatable bonds is 6. The Balaban J connectivity index is 4.51. The van der Waals surface area contributed by atoms with Crippen LogP contribution in [0.25, 0.3) is 0 Å². The van der Waals surface area contributed by atoms with E-state index in [-0.39, 0.29) is 12.3 Å². The minimum atomic E-state index is -0.890. The van der Waals surface area contributed by atoms with E-state index >= 15 is 0 Å². The molecule has 82 valence electrons. The third kappa shape index (κ3) is 3.01. The van der Waals surface area contributed by atoms with Crippen LogP contribution in [0, 0.1) is 5.41 Å². The van der Waals surface area contributed by atoms with Gasteiger partial charge in [-0.05, 0) is 19.8 Å². The highest BCUT2D eigenvalue weighted by Gasteiger charge is 2.36. The molecule has 0 saturated carbocycles. The van der Waals surface area contributed by atoms with E-state index in [1.54, 1.807) is 13.8 Å². The fraction of sp³-hybridized carbons (Fsp3) is 0.800. The summed E-state index contributed by atoms with van der Waals surface area (Å²) in [4.78, 5) is 22.3. The van der Waals surface area contributed by atoms with E-state index in [1.807, 2.05) is 6.92 Å². The van der Waals surface area contributed by atoms with E-state index in [4.69, 9.17) is 5.11 Å². The quantitative estimate of drug-likeness (QED) is 0.682. The number of nitrogens with one attached hydrogen (secondary N) is 1. The van der Waals surface area contributed by atoms with Gasteiger partial charge in [0.05, 0.1) is 5.41 Å². The molecule has 4 heteroatoms. The molecule has 0 bridgehead atoms. The van der Waals surface area contributed by atoms with Crippen LogP contribution in [-0.2, 0) is 9.59 Å². The Kier molecular flexibility index (Phi) is 5.20. The standard InChI is InChI=1S/C10H19NO3/c1-4-10(5-2,9(13)14)7-8(12)11-6-3/h4-7H2,1-3H3,(H,11,12)(H,13,14). The number of carboxylic acid groups (broad SMARTS) is 1. The largest absolute Gasteiger partial charge is 0.481 e. The van der Waals surface area contributed by atoms with Gasteiger partial charge >= 0.3 is 5.97 Å². The van der Waals surface area contributed by atoms with Crippen molar-refractivity contribution in [3.05, 3.63) is 0 Å². The topological polar surface area (TPSA) is 66.4 Å². The number of carbonyl (C=O) groups is 2. The van der Waals surface area contributed by atoms with Gasteiger partial charge in [-0.2, -0.15) is 0 Å². The van der Waals surface area contributed by atoms with Gasteiger partial charge in [-0.3, -0.25) is 9.59 Å². The van der Waals surface area contributed by atoms with Crippen molar-refractivity contribution in [2.45, 2.75) is 40.0 Å². The molecule has 0 unspecified atom stereocenters. The van der Waals surface area contributed by atoms with Gasteiger partial charge in [0.1, 0.15) is 0 Å². The van der Waals surface area contributed by atoms with Crippen LogP contribution in [0.5, 0.6) is 0 Å². The first-order chi connectivity index (χ1) is 6.52. The smallest absolute Gasteiger partial charge is 0.310 e. The molecule has 0 aliphatic heterocycles. The van der Waals surface area contributed by atoms with E-state index in [2.05, 4.69) is 5.32 Å². The van der Waals surface area contributed by atoms with Crippen molar-refractivity contribution in [3.8, 4) is 0 Å². The molecule has 0 aromatic heterocycles. The van der Waals surface area contributed by atoms with Gasteiger partial charge in [-0.15, -0.1) is 0 Å². The summed E-state index contributed by atoms with van der Waals surface area (Å²) in [5, 5.41) is 11.7. The first-order valence-electron chi connectivity index (χ1n) is 5.02. The maximum absolute atomic E-state index is 11.3. The molecule has 0 radical (unpaired) electrons. The lowest BCUT2D eigenvalue weighted by molar-refractivity contribution is -0.152. The number of aliphatic carboxylic acids is 1. The van der Waals surface area contributed by atoms with E-state index in [0.717, 1.165) is 0 Å². The molecule has 0 fully saturated rings. The number of hydrogen-bond acceptors (Lipinski definition) is 2. The molecule has 1 amide bonds. The maximum Gasteiger partial charge on any atom is 0.310 e. The van der Waals surface area contributed by atoms with Crippen LogP contribution in [0.1, 0.15) is 40.0 Å². The Hall–Kier alpha value is -1.06. The normalized spacial score (nSPS) is 11.1. The minimum absolute atomic E-state index is 0.0726. The number of hydrogen-bond donors (Lipinski definition) is 2. The average Bonchev–Trinajstić information content (AvgIpc) is 2.14. The predicted octanol–water partition coefficient (Wildman–Crippen LogP) is 1.40. The summed E-state index contributed by atoms with van der Waals surface area (Å²) in [6.07, 6.45) is 1.04. The lowest BCUT2D eigenvalue weighted by Crippen LogP contribution is -2.36. The summed E-state index contributed by atoms with van der Waals surface area (Å²) in [5.74, 6) is -1.06. The maximum atomic E-state index is 11.3.